The number of rotatable bonds is 6. The number of hydrogen-bond donors (Lipinski definition) is 1. The molecule has 0 unspecified atom stereocenters. The fourth-order valence-corrected chi connectivity index (χ4v) is 2.41. The van der Waals surface area contributed by atoms with Crippen LogP contribution in [-0.4, -0.2) is 34.9 Å². The van der Waals surface area contributed by atoms with E-state index in [0.717, 1.165) is 11.3 Å². The molecule has 1 atom stereocenters. The Morgan fingerprint density at radius 2 is 1.96 bits per heavy atom. The SMILES string of the molecule is COc1ccccc1/C=C/C(=O)O[C@@H](C)C(=O)Nc1c(C)nn(C)c1C. The largest absolute Gasteiger partial charge is 0.496 e. The number of methoxy groups -OCH3 is 1. The molecule has 0 saturated heterocycles. The van der Waals surface area contributed by atoms with Gasteiger partial charge in [-0.15, -0.1) is 0 Å². The Morgan fingerprint density at radius 1 is 1.27 bits per heavy atom. The zero-order valence-corrected chi connectivity index (χ0v) is 15.6. The number of benzene rings is 1. The third-order valence-corrected chi connectivity index (χ3v) is 3.96. The lowest BCUT2D eigenvalue weighted by Crippen LogP contribution is -2.29. The second-order valence-electron chi connectivity index (χ2n) is 5.81. The fourth-order valence-electron chi connectivity index (χ4n) is 2.41. The lowest BCUT2D eigenvalue weighted by Gasteiger charge is -2.12. The number of aryl methyl sites for hydroxylation is 2. The highest BCUT2D eigenvalue weighted by molar-refractivity contribution is 5.97. The Labute approximate surface area is 152 Å². The average Bonchev–Trinajstić information content (AvgIpc) is 2.86. The number of esters is 1. The third kappa shape index (κ3) is 4.50. The lowest BCUT2D eigenvalue weighted by atomic mass is 10.2. The highest BCUT2D eigenvalue weighted by Gasteiger charge is 2.20. The molecule has 138 valence electrons. The number of amides is 1. The highest BCUT2D eigenvalue weighted by Crippen LogP contribution is 2.20. The second kappa shape index (κ2) is 8.33. The van der Waals surface area contributed by atoms with Crippen LogP contribution in [0.15, 0.2) is 30.3 Å². The van der Waals surface area contributed by atoms with Crippen molar-refractivity contribution in [1.29, 1.82) is 0 Å². The molecular weight excluding hydrogens is 334 g/mol. The van der Waals surface area contributed by atoms with E-state index < -0.39 is 18.0 Å². The molecule has 1 aromatic carbocycles. The first kappa shape index (κ1) is 19.2. The van der Waals surface area contributed by atoms with Gasteiger partial charge in [-0.25, -0.2) is 4.79 Å². The smallest absolute Gasteiger partial charge is 0.331 e. The Bertz CT molecular complexity index is 839. The van der Waals surface area contributed by atoms with Crippen molar-refractivity contribution in [2.24, 2.45) is 7.05 Å². The molecule has 1 amide bonds. The normalized spacial score (nSPS) is 12.0. The summed E-state index contributed by atoms with van der Waals surface area (Å²) < 4.78 is 12.1. The van der Waals surface area contributed by atoms with Crippen LogP contribution in [0.5, 0.6) is 5.75 Å². The van der Waals surface area contributed by atoms with Gasteiger partial charge in [0.15, 0.2) is 6.10 Å². The number of nitrogens with zero attached hydrogens (tertiary/aromatic N) is 2. The van der Waals surface area contributed by atoms with Crippen LogP contribution in [0.2, 0.25) is 0 Å². The van der Waals surface area contributed by atoms with Gasteiger partial charge in [0.2, 0.25) is 0 Å². The van der Waals surface area contributed by atoms with Crippen molar-refractivity contribution in [3.05, 3.63) is 47.3 Å². The second-order valence-corrected chi connectivity index (χ2v) is 5.81. The molecule has 0 radical (unpaired) electrons. The third-order valence-electron chi connectivity index (χ3n) is 3.96. The maximum atomic E-state index is 12.3. The van der Waals surface area contributed by atoms with Crippen molar-refractivity contribution in [2.75, 3.05) is 12.4 Å². The zero-order chi connectivity index (χ0) is 19.3. The number of ether oxygens (including phenoxy) is 2. The first-order valence-corrected chi connectivity index (χ1v) is 8.16. The maximum absolute atomic E-state index is 12.3. The Hall–Kier alpha value is -3.09. The van der Waals surface area contributed by atoms with Crippen molar-refractivity contribution < 1.29 is 19.1 Å². The fraction of sp³-hybridized carbons (Fsp3) is 0.316. The summed E-state index contributed by atoms with van der Waals surface area (Å²) in [6.07, 6.45) is 1.91. The van der Waals surface area contributed by atoms with E-state index >= 15 is 0 Å². The van der Waals surface area contributed by atoms with Crippen molar-refractivity contribution in [3.8, 4) is 5.75 Å². The summed E-state index contributed by atoms with van der Waals surface area (Å²) in [5.74, 6) is -0.383. The molecule has 0 fully saturated rings. The van der Waals surface area contributed by atoms with Gasteiger partial charge in [0.1, 0.15) is 5.75 Å². The van der Waals surface area contributed by atoms with E-state index in [9.17, 15) is 9.59 Å². The number of aromatic nitrogens is 2. The van der Waals surface area contributed by atoms with Crippen molar-refractivity contribution in [3.63, 3.8) is 0 Å². The van der Waals surface area contributed by atoms with Crippen molar-refractivity contribution >= 4 is 23.6 Å². The van der Waals surface area contributed by atoms with E-state index in [1.807, 2.05) is 25.1 Å². The van der Waals surface area contributed by atoms with Crippen LogP contribution in [0.4, 0.5) is 5.69 Å². The summed E-state index contributed by atoms with van der Waals surface area (Å²) in [6, 6.07) is 7.28. The number of nitrogens with one attached hydrogen (secondary N) is 1. The molecule has 0 aliphatic heterocycles. The Kier molecular flexibility index (Phi) is 6.16. The van der Waals surface area contributed by atoms with E-state index in [4.69, 9.17) is 9.47 Å². The van der Waals surface area contributed by atoms with Crippen LogP contribution in [0.1, 0.15) is 23.9 Å². The molecule has 0 spiro atoms. The monoisotopic (exact) mass is 357 g/mol. The van der Waals surface area contributed by atoms with Gasteiger partial charge in [-0.2, -0.15) is 5.10 Å². The molecule has 1 N–H and O–H groups in total. The summed E-state index contributed by atoms with van der Waals surface area (Å²) in [7, 11) is 3.35. The molecule has 7 heteroatoms. The summed E-state index contributed by atoms with van der Waals surface area (Å²) in [5, 5.41) is 6.99. The Morgan fingerprint density at radius 3 is 2.58 bits per heavy atom. The summed E-state index contributed by atoms with van der Waals surface area (Å²) in [5.41, 5.74) is 2.90. The van der Waals surface area contributed by atoms with Gasteiger partial charge in [0.05, 0.1) is 24.2 Å². The van der Waals surface area contributed by atoms with Crippen LogP contribution >= 0.6 is 0 Å². The molecule has 0 saturated carbocycles. The van der Waals surface area contributed by atoms with E-state index in [0.29, 0.717) is 17.1 Å². The predicted octanol–water partition coefficient (Wildman–Crippen LogP) is 2.63. The summed E-state index contributed by atoms with van der Waals surface area (Å²) in [4.78, 5) is 24.2. The van der Waals surface area contributed by atoms with Gasteiger partial charge in [-0.1, -0.05) is 18.2 Å². The number of hydrogen-bond acceptors (Lipinski definition) is 5. The van der Waals surface area contributed by atoms with Crippen LogP contribution < -0.4 is 10.1 Å². The van der Waals surface area contributed by atoms with E-state index in [2.05, 4.69) is 10.4 Å². The van der Waals surface area contributed by atoms with Crippen LogP contribution in [0, 0.1) is 13.8 Å². The molecular formula is C19H23N3O4. The van der Waals surface area contributed by atoms with E-state index in [1.165, 1.54) is 13.0 Å². The minimum Gasteiger partial charge on any atom is -0.496 e. The van der Waals surface area contributed by atoms with Gasteiger partial charge in [-0.3, -0.25) is 9.48 Å². The molecule has 7 nitrogen and oxygen atoms in total. The molecule has 1 aromatic heterocycles. The predicted molar refractivity (Wildman–Crippen MR) is 98.9 cm³/mol. The number of anilines is 1. The van der Waals surface area contributed by atoms with Crippen molar-refractivity contribution in [1.82, 2.24) is 9.78 Å². The first-order valence-electron chi connectivity index (χ1n) is 8.16. The van der Waals surface area contributed by atoms with E-state index in [1.54, 1.807) is 37.9 Å². The molecule has 0 aliphatic carbocycles. The molecule has 0 aliphatic rings. The number of carbonyl (C=O) groups excluding carboxylic acids is 2. The minimum atomic E-state index is -0.941. The molecule has 2 rings (SSSR count). The highest BCUT2D eigenvalue weighted by atomic mass is 16.5. The summed E-state index contributed by atoms with van der Waals surface area (Å²) in [6.45, 7) is 5.17. The van der Waals surface area contributed by atoms with Crippen LogP contribution in [-0.2, 0) is 21.4 Å². The first-order chi connectivity index (χ1) is 12.3. The molecule has 1 heterocycles. The number of carbonyl (C=O) groups is 2. The van der Waals surface area contributed by atoms with E-state index in [-0.39, 0.29) is 0 Å². The van der Waals surface area contributed by atoms with Crippen molar-refractivity contribution in [2.45, 2.75) is 26.9 Å². The standard InChI is InChI=1S/C19H23N3O4/c1-12-18(13(2)22(4)21-12)20-19(24)14(3)26-17(23)11-10-15-8-6-7-9-16(15)25-5/h6-11,14H,1-5H3,(H,20,24)/b11-10+/t14-/m0/s1. The Balaban J connectivity index is 1.98. The van der Waals surface area contributed by atoms with Crippen LogP contribution in [0.3, 0.4) is 0 Å². The molecule has 26 heavy (non-hydrogen) atoms. The topological polar surface area (TPSA) is 82.4 Å². The van der Waals surface area contributed by atoms with Crippen LogP contribution in [0.25, 0.3) is 6.08 Å². The maximum Gasteiger partial charge on any atom is 0.331 e. The van der Waals surface area contributed by atoms with Gasteiger partial charge in [-0.05, 0) is 32.9 Å². The quantitative estimate of drug-likeness (QED) is 0.635. The number of para-hydroxylation sites is 1. The molecule has 0 bridgehead atoms. The average molecular weight is 357 g/mol. The lowest BCUT2D eigenvalue weighted by molar-refractivity contribution is -0.148. The minimum absolute atomic E-state index is 0.414. The van der Waals surface area contributed by atoms with Gasteiger partial charge < -0.3 is 14.8 Å². The van der Waals surface area contributed by atoms with Gasteiger partial charge in [0.25, 0.3) is 5.91 Å². The van der Waals surface area contributed by atoms with Gasteiger partial charge >= 0.3 is 5.97 Å². The molecule has 2 aromatic rings. The summed E-state index contributed by atoms with van der Waals surface area (Å²) >= 11 is 0. The van der Waals surface area contributed by atoms with Gasteiger partial charge in [0, 0.05) is 18.7 Å². The zero-order valence-electron chi connectivity index (χ0n) is 15.6.